The average molecular weight is 318 g/mol. The van der Waals surface area contributed by atoms with Crippen LogP contribution in [0.3, 0.4) is 0 Å². The predicted octanol–water partition coefficient (Wildman–Crippen LogP) is -17.8. The summed E-state index contributed by atoms with van der Waals surface area (Å²) in [6.45, 7) is 0. The molecule has 0 aliphatic carbocycles. The smallest absolute Gasteiger partial charge is 0 e. The average Bonchev–Trinajstić information content (AvgIpc) is 0. The molecule has 0 aromatic rings. The zero-order valence-corrected chi connectivity index (χ0v) is 6.02. The first-order chi connectivity index (χ1) is 0. The van der Waals surface area contributed by atoms with Gasteiger partial charge in [-0.2, -0.15) is 0 Å². The van der Waals surface area contributed by atoms with E-state index in [0.29, 0.717) is 0 Å². The summed E-state index contributed by atoms with van der Waals surface area (Å²) in [7, 11) is 0. The Hall–Kier alpha value is 0.198. The molecule has 0 unspecified atom stereocenters. The van der Waals surface area contributed by atoms with Gasteiger partial charge in [-0.15, -0.1) is 0 Å². The molecular weight excluding hydrogens is 317 g/mol. The molecule has 0 nitrogen and oxygen atoms in total. The topological polar surface area (TPSA) is 0 Å². The second kappa shape index (κ2) is 7030. The van der Waals surface area contributed by atoms with Crippen molar-refractivity contribution in [2.24, 2.45) is 0 Å². The van der Waals surface area contributed by atoms with Crippen molar-refractivity contribution >= 4 is 0 Å². The third-order valence-electron chi connectivity index (χ3n) is 0. The Kier molecular flexibility index (Phi) is 9490000. The van der Waals surface area contributed by atoms with Gasteiger partial charge in [0.05, 0.1) is 0 Å². The minimum Gasteiger partial charge on any atom is -1.00 e. The van der Waals surface area contributed by atoms with Crippen LogP contribution in [0.4, 0.5) is 4.70 Å². The SMILES string of the molecule is F.[F-].[F-].[F-].[F-].[F-].[F-].[W]. The molecule has 62 valence electrons. The Balaban J connectivity index is 0. The first kappa shape index (κ1) is 10800. The van der Waals surface area contributed by atoms with Gasteiger partial charge in [-0.3, -0.25) is 4.70 Å². The van der Waals surface area contributed by atoms with E-state index < -0.39 is 0 Å². The van der Waals surface area contributed by atoms with E-state index in [0.717, 1.165) is 0 Å². The molecule has 0 aliphatic rings. The van der Waals surface area contributed by atoms with Gasteiger partial charge in [0.1, 0.15) is 0 Å². The predicted molar refractivity (Wildman–Crippen MR) is 2.50 cm³/mol. The molecule has 0 bridgehead atoms. The maximum atomic E-state index is 0. The van der Waals surface area contributed by atoms with Crippen LogP contribution in [-0.2, 0) is 21.1 Å². The molecule has 0 aromatic heterocycles. The van der Waals surface area contributed by atoms with Gasteiger partial charge in [0.2, 0.25) is 0 Å². The quantitative estimate of drug-likeness (QED) is 0.389. The van der Waals surface area contributed by atoms with Crippen molar-refractivity contribution in [3.8, 4) is 0 Å². The minimum absolute atomic E-state index is 0. The summed E-state index contributed by atoms with van der Waals surface area (Å²) in [4.78, 5) is 0. The number of hydrogen-bond donors (Lipinski definition) is 0. The van der Waals surface area contributed by atoms with Gasteiger partial charge in [-0.1, -0.05) is 0 Å². The molecule has 0 heterocycles. The summed E-state index contributed by atoms with van der Waals surface area (Å²) in [5.41, 5.74) is 0. The van der Waals surface area contributed by atoms with E-state index in [2.05, 4.69) is 0 Å². The molecule has 8 heavy (non-hydrogen) atoms. The van der Waals surface area contributed by atoms with E-state index in [1.54, 1.807) is 0 Å². The molecule has 0 atom stereocenters. The van der Waals surface area contributed by atoms with E-state index in [4.69, 9.17) is 0 Å². The Labute approximate surface area is 54.9 Å². The molecule has 8 heteroatoms. The van der Waals surface area contributed by atoms with Crippen LogP contribution >= 0.6 is 0 Å². The fourth-order valence-electron chi connectivity index (χ4n) is 0. The van der Waals surface area contributed by atoms with Crippen LogP contribution in [0.15, 0.2) is 0 Å². The minimum atomic E-state index is 0. The zero-order chi connectivity index (χ0) is 0. The second-order valence-electron chi connectivity index (χ2n) is 0. The monoisotopic (exact) mass is 318 g/mol. The van der Waals surface area contributed by atoms with Crippen molar-refractivity contribution in [2.75, 3.05) is 0 Å². The van der Waals surface area contributed by atoms with Crippen LogP contribution in [0.2, 0.25) is 0 Å². The van der Waals surface area contributed by atoms with Crippen molar-refractivity contribution in [1.82, 2.24) is 0 Å². The molecule has 0 aliphatic heterocycles. The molecule has 0 amide bonds. The first-order valence-corrected chi connectivity index (χ1v) is 0. The van der Waals surface area contributed by atoms with Gasteiger partial charge >= 0.3 is 0 Å². The largest absolute Gasteiger partial charge is 1.00 e. The van der Waals surface area contributed by atoms with Crippen LogP contribution < -0.4 is 28.2 Å². The molecule has 0 saturated carbocycles. The van der Waals surface area contributed by atoms with E-state index in [9.17, 15) is 0 Å². The maximum Gasteiger partial charge on any atom is 0 e. The van der Waals surface area contributed by atoms with Gasteiger partial charge in [0.15, 0.2) is 0 Å². The van der Waals surface area contributed by atoms with Crippen LogP contribution in [-0.4, -0.2) is 0 Å². The molecule has 0 spiro atoms. The van der Waals surface area contributed by atoms with Crippen LogP contribution in [0.1, 0.15) is 0 Å². The van der Waals surface area contributed by atoms with Crippen LogP contribution in [0, 0.1) is 0 Å². The second-order valence-corrected chi connectivity index (χ2v) is 0. The van der Waals surface area contributed by atoms with Gasteiger partial charge in [-0.25, -0.2) is 0 Å². The fraction of sp³-hybridized carbons (Fsp3) is 0. The Morgan fingerprint density at radius 1 is 0.375 bits per heavy atom. The van der Waals surface area contributed by atoms with Crippen molar-refractivity contribution in [2.45, 2.75) is 0 Å². The van der Waals surface area contributed by atoms with Gasteiger partial charge < -0.3 is 28.2 Å². The zero-order valence-electron chi connectivity index (χ0n) is 3.08. The third-order valence-corrected chi connectivity index (χ3v) is 0. The summed E-state index contributed by atoms with van der Waals surface area (Å²) < 4.78 is 0. The molecule has 0 fully saturated rings. The fourth-order valence-corrected chi connectivity index (χ4v) is 0. The molecule has 0 N–H and O–H groups in total. The van der Waals surface area contributed by atoms with Crippen molar-refractivity contribution < 1.29 is 54.0 Å². The molecular formula is HF7W-6. The van der Waals surface area contributed by atoms with Gasteiger partial charge in [-0.05, 0) is 0 Å². The van der Waals surface area contributed by atoms with Gasteiger partial charge in [0.25, 0.3) is 0 Å². The third kappa shape index (κ3) is 4260. The molecule has 0 saturated heterocycles. The van der Waals surface area contributed by atoms with E-state index >= 15 is 0 Å². The van der Waals surface area contributed by atoms with Crippen molar-refractivity contribution in [3.63, 3.8) is 0 Å². The Bertz CT molecular complexity index is 4.35. The number of halogens is 7. The summed E-state index contributed by atoms with van der Waals surface area (Å²) >= 11 is 0. The van der Waals surface area contributed by atoms with Crippen molar-refractivity contribution in [3.05, 3.63) is 0 Å². The van der Waals surface area contributed by atoms with Gasteiger partial charge in [0, 0.05) is 21.1 Å². The van der Waals surface area contributed by atoms with Crippen LogP contribution in [0.25, 0.3) is 0 Å². The Morgan fingerprint density at radius 3 is 0.375 bits per heavy atom. The van der Waals surface area contributed by atoms with E-state index in [1.807, 2.05) is 0 Å². The summed E-state index contributed by atoms with van der Waals surface area (Å²) in [5.74, 6) is 0. The summed E-state index contributed by atoms with van der Waals surface area (Å²) in [5, 5.41) is 0. The number of hydrogen-bond acceptors (Lipinski definition) is 0. The Morgan fingerprint density at radius 2 is 0.375 bits per heavy atom. The number of rotatable bonds is 0. The summed E-state index contributed by atoms with van der Waals surface area (Å²) in [6.07, 6.45) is 0. The first-order valence-electron chi connectivity index (χ1n) is 0. The summed E-state index contributed by atoms with van der Waals surface area (Å²) in [6, 6.07) is 0. The van der Waals surface area contributed by atoms with E-state index in [-0.39, 0.29) is 54.0 Å². The van der Waals surface area contributed by atoms with E-state index in [1.165, 1.54) is 0 Å². The molecule has 0 rings (SSSR count). The normalized spacial score (nSPS) is 0. The maximum absolute atomic E-state index is 0. The standard InChI is InChI=1S/7FH.W/h7*1H;/p-6. The van der Waals surface area contributed by atoms with Crippen LogP contribution in [0.5, 0.6) is 0 Å². The molecule has 0 radical (unpaired) electrons. The van der Waals surface area contributed by atoms with Crippen molar-refractivity contribution in [1.29, 1.82) is 0 Å². The molecule has 0 aromatic carbocycles.